The number of hydrogen-bond donors (Lipinski definition) is 2. The molecule has 1 atom stereocenters. The smallest absolute Gasteiger partial charge is 0.344 e. The number of carbonyl (C=O) groups is 2. The van der Waals surface area contributed by atoms with Crippen LogP contribution in [0.15, 0.2) is 18.2 Å². The monoisotopic (exact) mass is 304 g/mol. The fraction of sp³-hybridized carbons (Fsp3) is 0.385. The second-order valence-electron chi connectivity index (χ2n) is 4.69. The van der Waals surface area contributed by atoms with E-state index in [1.807, 2.05) is 0 Å². The van der Waals surface area contributed by atoms with Gasteiger partial charge < -0.3 is 10.6 Å². The summed E-state index contributed by atoms with van der Waals surface area (Å²) in [5, 5.41) is 4.75. The molecule has 1 aromatic carbocycles. The van der Waals surface area contributed by atoms with E-state index < -0.39 is 29.5 Å². The molecule has 0 saturated carbocycles. The zero-order valence-electron chi connectivity index (χ0n) is 10.8. The molecule has 0 aliphatic carbocycles. The maximum atomic E-state index is 13.4. The Morgan fingerprint density at radius 1 is 1.33 bits per heavy atom. The number of rotatable bonds is 2. The van der Waals surface area contributed by atoms with Crippen molar-refractivity contribution in [2.75, 3.05) is 5.32 Å². The Kier molecular flexibility index (Phi) is 4.15. The lowest BCUT2D eigenvalue weighted by atomic mass is 10.0. The van der Waals surface area contributed by atoms with Gasteiger partial charge in [0.1, 0.15) is 11.9 Å². The molecule has 8 heteroatoms. The van der Waals surface area contributed by atoms with E-state index in [1.54, 1.807) is 0 Å². The highest BCUT2D eigenvalue weighted by atomic mass is 19.4. The van der Waals surface area contributed by atoms with E-state index in [1.165, 1.54) is 0 Å². The van der Waals surface area contributed by atoms with Gasteiger partial charge in [-0.15, -0.1) is 0 Å². The summed E-state index contributed by atoms with van der Waals surface area (Å²) in [7, 11) is 0. The van der Waals surface area contributed by atoms with Gasteiger partial charge in [0, 0.05) is 12.1 Å². The minimum atomic E-state index is -4.79. The number of anilines is 1. The first kappa shape index (κ1) is 15.3. The van der Waals surface area contributed by atoms with Crippen LogP contribution in [0.25, 0.3) is 0 Å². The van der Waals surface area contributed by atoms with E-state index in [-0.39, 0.29) is 11.6 Å². The molecule has 1 aliphatic rings. The van der Waals surface area contributed by atoms with Gasteiger partial charge >= 0.3 is 6.18 Å². The van der Waals surface area contributed by atoms with Crippen molar-refractivity contribution >= 4 is 17.5 Å². The largest absolute Gasteiger partial charge is 0.419 e. The van der Waals surface area contributed by atoms with Crippen LogP contribution in [0.5, 0.6) is 0 Å². The van der Waals surface area contributed by atoms with E-state index >= 15 is 0 Å². The number of piperidine rings is 1. The third-order valence-electron chi connectivity index (χ3n) is 3.09. The van der Waals surface area contributed by atoms with Crippen molar-refractivity contribution in [3.63, 3.8) is 0 Å². The van der Waals surface area contributed by atoms with Gasteiger partial charge in [-0.3, -0.25) is 9.59 Å². The number of alkyl halides is 3. The van der Waals surface area contributed by atoms with Gasteiger partial charge in [-0.05, 0) is 31.0 Å². The summed E-state index contributed by atoms with van der Waals surface area (Å²) in [4.78, 5) is 23.0. The van der Waals surface area contributed by atoms with Crippen LogP contribution in [0.3, 0.4) is 0 Å². The standard InChI is InChI=1S/C13H12F4N2O2/c14-9-6-7(4-5-8(9)13(15,16)17)18-12(21)10-2-1-3-11(20)19-10/h4-6,10H,1-3H2,(H,18,21)(H,19,20)/t10-/m1/s1. The van der Waals surface area contributed by atoms with Crippen LogP contribution >= 0.6 is 0 Å². The minimum Gasteiger partial charge on any atom is -0.344 e. The molecular weight excluding hydrogens is 292 g/mol. The fourth-order valence-electron chi connectivity index (χ4n) is 2.05. The van der Waals surface area contributed by atoms with Crippen LogP contribution in [0, 0.1) is 5.82 Å². The molecule has 0 aromatic heterocycles. The lowest BCUT2D eigenvalue weighted by Gasteiger charge is -2.22. The summed E-state index contributed by atoms with van der Waals surface area (Å²) < 4.78 is 50.6. The molecule has 4 nitrogen and oxygen atoms in total. The van der Waals surface area contributed by atoms with Crippen molar-refractivity contribution in [3.05, 3.63) is 29.6 Å². The zero-order valence-corrected chi connectivity index (χ0v) is 10.8. The van der Waals surface area contributed by atoms with Gasteiger partial charge in [0.2, 0.25) is 11.8 Å². The summed E-state index contributed by atoms with van der Waals surface area (Å²) in [5.74, 6) is -2.31. The quantitative estimate of drug-likeness (QED) is 0.825. The van der Waals surface area contributed by atoms with Crippen LogP contribution in [-0.4, -0.2) is 17.9 Å². The van der Waals surface area contributed by atoms with Crippen LogP contribution in [0.1, 0.15) is 24.8 Å². The van der Waals surface area contributed by atoms with E-state index in [9.17, 15) is 27.2 Å². The Morgan fingerprint density at radius 2 is 2.05 bits per heavy atom. The lowest BCUT2D eigenvalue weighted by Crippen LogP contribution is -2.46. The summed E-state index contributed by atoms with van der Waals surface area (Å²) in [6.07, 6.45) is -3.48. The Balaban J connectivity index is 2.08. The Labute approximate surface area is 117 Å². The van der Waals surface area contributed by atoms with Crippen LogP contribution in [0.2, 0.25) is 0 Å². The highest BCUT2D eigenvalue weighted by Crippen LogP contribution is 2.32. The average Bonchev–Trinajstić information content (AvgIpc) is 2.37. The zero-order chi connectivity index (χ0) is 15.6. The van der Waals surface area contributed by atoms with Crippen molar-refractivity contribution in [1.82, 2.24) is 5.32 Å². The number of nitrogens with one attached hydrogen (secondary N) is 2. The first-order valence-electron chi connectivity index (χ1n) is 6.24. The van der Waals surface area contributed by atoms with Gasteiger partial charge in [-0.25, -0.2) is 4.39 Å². The Morgan fingerprint density at radius 3 is 2.62 bits per heavy atom. The number of halogens is 4. The van der Waals surface area contributed by atoms with Gasteiger partial charge in [0.25, 0.3) is 0 Å². The molecular formula is C13H12F4N2O2. The first-order valence-corrected chi connectivity index (χ1v) is 6.24. The van der Waals surface area contributed by atoms with Crippen molar-refractivity contribution in [1.29, 1.82) is 0 Å². The third-order valence-corrected chi connectivity index (χ3v) is 3.09. The molecule has 0 radical (unpaired) electrons. The van der Waals surface area contributed by atoms with Crippen LogP contribution in [0.4, 0.5) is 23.2 Å². The third kappa shape index (κ3) is 3.71. The maximum Gasteiger partial charge on any atom is 0.419 e. The second kappa shape index (κ2) is 5.71. The predicted molar refractivity (Wildman–Crippen MR) is 65.8 cm³/mol. The minimum absolute atomic E-state index is 0.0923. The summed E-state index contributed by atoms with van der Waals surface area (Å²) in [6.45, 7) is 0. The molecule has 0 spiro atoms. The van der Waals surface area contributed by atoms with Crippen molar-refractivity contribution in [2.45, 2.75) is 31.5 Å². The summed E-state index contributed by atoms with van der Waals surface area (Å²) >= 11 is 0. The normalized spacial score (nSPS) is 19.0. The maximum absolute atomic E-state index is 13.4. The Hall–Kier alpha value is -2.12. The molecule has 0 unspecified atom stereocenters. The van der Waals surface area contributed by atoms with E-state index in [0.29, 0.717) is 31.4 Å². The summed E-state index contributed by atoms with van der Waals surface area (Å²) in [5.41, 5.74) is -1.49. The molecule has 1 aromatic rings. The number of carbonyl (C=O) groups excluding carboxylic acids is 2. The number of hydrogen-bond acceptors (Lipinski definition) is 2. The van der Waals surface area contributed by atoms with Crippen molar-refractivity contribution in [3.8, 4) is 0 Å². The van der Waals surface area contributed by atoms with Gasteiger partial charge in [-0.2, -0.15) is 13.2 Å². The topological polar surface area (TPSA) is 58.2 Å². The second-order valence-corrected chi connectivity index (χ2v) is 4.69. The average molecular weight is 304 g/mol. The van der Waals surface area contributed by atoms with Gasteiger partial charge in [0.15, 0.2) is 0 Å². The summed E-state index contributed by atoms with van der Waals surface area (Å²) in [6, 6.07) is 1.38. The highest BCUT2D eigenvalue weighted by Gasteiger charge is 2.34. The first-order chi connectivity index (χ1) is 9.77. The van der Waals surface area contributed by atoms with Crippen molar-refractivity contribution < 1.29 is 27.2 Å². The SMILES string of the molecule is O=C1CCC[C@H](C(=O)Nc2ccc(C(F)(F)F)c(F)c2)N1. The molecule has 114 valence electrons. The molecule has 1 aliphatic heterocycles. The molecule has 2 amide bonds. The molecule has 1 saturated heterocycles. The van der Waals surface area contributed by atoms with Crippen LogP contribution < -0.4 is 10.6 Å². The van der Waals surface area contributed by atoms with Gasteiger partial charge in [-0.1, -0.05) is 0 Å². The Bertz CT molecular complexity index is 572. The van der Waals surface area contributed by atoms with Crippen molar-refractivity contribution in [2.24, 2.45) is 0 Å². The van der Waals surface area contributed by atoms with Gasteiger partial charge in [0.05, 0.1) is 5.56 Å². The fourth-order valence-corrected chi connectivity index (χ4v) is 2.05. The highest BCUT2D eigenvalue weighted by molar-refractivity contribution is 5.97. The van der Waals surface area contributed by atoms with E-state index in [2.05, 4.69) is 10.6 Å². The number of amides is 2. The van der Waals surface area contributed by atoms with E-state index in [0.717, 1.165) is 6.07 Å². The molecule has 1 fully saturated rings. The predicted octanol–water partition coefficient (Wildman–Crippen LogP) is 2.45. The molecule has 2 rings (SSSR count). The lowest BCUT2D eigenvalue weighted by molar-refractivity contribution is -0.140. The number of benzene rings is 1. The molecule has 2 N–H and O–H groups in total. The molecule has 0 bridgehead atoms. The molecule has 21 heavy (non-hydrogen) atoms. The molecule has 1 heterocycles. The van der Waals surface area contributed by atoms with E-state index in [4.69, 9.17) is 0 Å². The van der Waals surface area contributed by atoms with Crippen LogP contribution in [-0.2, 0) is 15.8 Å².